The minimum atomic E-state index is -4.49. The number of hydrogen-bond acceptors (Lipinski definition) is 2. The van der Waals surface area contributed by atoms with Gasteiger partial charge in [-0.1, -0.05) is 12.1 Å². The van der Waals surface area contributed by atoms with Crippen LogP contribution < -0.4 is 5.73 Å². The van der Waals surface area contributed by atoms with E-state index >= 15 is 0 Å². The van der Waals surface area contributed by atoms with Crippen molar-refractivity contribution in [3.63, 3.8) is 0 Å². The van der Waals surface area contributed by atoms with E-state index in [4.69, 9.17) is 5.73 Å². The van der Waals surface area contributed by atoms with Gasteiger partial charge in [0, 0.05) is 17.7 Å². The lowest BCUT2D eigenvalue weighted by molar-refractivity contribution is -0.137. The van der Waals surface area contributed by atoms with E-state index in [1.165, 1.54) is 12.1 Å². The van der Waals surface area contributed by atoms with Gasteiger partial charge in [-0.15, -0.1) is 0 Å². The van der Waals surface area contributed by atoms with Crippen LogP contribution in [0.15, 0.2) is 30.0 Å². The van der Waals surface area contributed by atoms with Gasteiger partial charge in [0.25, 0.3) is 0 Å². The average molecular weight is 273 g/mol. The Morgan fingerprint density at radius 1 is 1.32 bits per heavy atom. The van der Waals surface area contributed by atoms with Crippen molar-refractivity contribution in [3.05, 3.63) is 41.1 Å². The molecule has 1 atom stereocenters. The second kappa shape index (κ2) is 4.68. The van der Waals surface area contributed by atoms with Crippen LogP contribution in [0.1, 0.15) is 17.5 Å². The highest BCUT2D eigenvalue weighted by molar-refractivity contribution is 6.24. The Bertz CT molecular complexity index is 548. The second-order valence-corrected chi connectivity index (χ2v) is 4.40. The lowest BCUT2D eigenvalue weighted by Crippen LogP contribution is -2.12. The summed E-state index contributed by atoms with van der Waals surface area (Å²) >= 11 is 0. The summed E-state index contributed by atoms with van der Waals surface area (Å²) in [6.45, 7) is -0.859. The predicted molar refractivity (Wildman–Crippen MR) is 61.6 cm³/mol. The SMILES string of the molecule is NC1=C(c2cccc(C(F)(F)F)c2)C(=O)C(CF)C1. The smallest absolute Gasteiger partial charge is 0.401 e. The van der Waals surface area contributed by atoms with Gasteiger partial charge in [-0.2, -0.15) is 13.2 Å². The van der Waals surface area contributed by atoms with Gasteiger partial charge in [0.05, 0.1) is 18.2 Å². The summed E-state index contributed by atoms with van der Waals surface area (Å²) in [5, 5.41) is 0. The molecular formula is C13H11F4NO. The van der Waals surface area contributed by atoms with E-state index in [0.717, 1.165) is 12.1 Å². The average Bonchev–Trinajstić information content (AvgIpc) is 2.63. The Balaban J connectivity index is 2.43. The molecule has 102 valence electrons. The number of carbonyl (C=O) groups is 1. The van der Waals surface area contributed by atoms with E-state index in [0.29, 0.717) is 0 Å². The van der Waals surface area contributed by atoms with E-state index in [1.807, 2.05) is 0 Å². The number of ketones is 1. The first-order valence-corrected chi connectivity index (χ1v) is 5.61. The summed E-state index contributed by atoms with van der Waals surface area (Å²) in [4.78, 5) is 11.8. The highest BCUT2D eigenvalue weighted by Gasteiger charge is 2.35. The molecule has 0 radical (unpaired) electrons. The minimum Gasteiger partial charge on any atom is -0.401 e. The molecule has 1 aromatic rings. The molecule has 1 aliphatic rings. The molecular weight excluding hydrogens is 262 g/mol. The molecule has 0 heterocycles. The van der Waals surface area contributed by atoms with Crippen LogP contribution in [0.3, 0.4) is 0 Å². The molecule has 0 fully saturated rings. The van der Waals surface area contributed by atoms with E-state index in [9.17, 15) is 22.4 Å². The third kappa shape index (κ3) is 2.47. The van der Waals surface area contributed by atoms with Crippen molar-refractivity contribution in [1.29, 1.82) is 0 Å². The second-order valence-electron chi connectivity index (χ2n) is 4.40. The first kappa shape index (κ1) is 13.6. The number of hydrogen-bond donors (Lipinski definition) is 1. The van der Waals surface area contributed by atoms with E-state index in [2.05, 4.69) is 0 Å². The van der Waals surface area contributed by atoms with Crippen LogP contribution in [0.4, 0.5) is 17.6 Å². The number of Topliss-reactive ketones (excluding diaryl/α,β-unsaturated/α-hetero) is 1. The number of rotatable bonds is 2. The van der Waals surface area contributed by atoms with Gasteiger partial charge in [-0.05, 0) is 17.7 Å². The van der Waals surface area contributed by atoms with Crippen LogP contribution in [0.25, 0.3) is 5.57 Å². The van der Waals surface area contributed by atoms with Crippen LogP contribution in [-0.4, -0.2) is 12.5 Å². The van der Waals surface area contributed by atoms with Crippen molar-refractivity contribution >= 4 is 11.4 Å². The Labute approximate surface area is 106 Å². The summed E-state index contributed by atoms with van der Waals surface area (Å²) in [5.74, 6) is -1.40. The van der Waals surface area contributed by atoms with E-state index in [-0.39, 0.29) is 23.3 Å². The Kier molecular flexibility index (Phi) is 3.34. The molecule has 1 aliphatic carbocycles. The third-order valence-corrected chi connectivity index (χ3v) is 3.07. The highest BCUT2D eigenvalue weighted by Crippen LogP contribution is 2.36. The molecule has 2 N–H and O–H groups in total. The zero-order chi connectivity index (χ0) is 14.2. The van der Waals surface area contributed by atoms with Crippen LogP contribution in [0.2, 0.25) is 0 Å². The van der Waals surface area contributed by atoms with Gasteiger partial charge in [-0.25, -0.2) is 0 Å². The molecule has 0 saturated heterocycles. The summed E-state index contributed by atoms with van der Waals surface area (Å²) < 4.78 is 50.4. The summed E-state index contributed by atoms with van der Waals surface area (Å²) in [7, 11) is 0. The van der Waals surface area contributed by atoms with Gasteiger partial charge >= 0.3 is 6.18 Å². The van der Waals surface area contributed by atoms with E-state index < -0.39 is 30.1 Å². The highest BCUT2D eigenvalue weighted by atomic mass is 19.4. The molecule has 0 aromatic heterocycles. The number of carbonyl (C=O) groups excluding carboxylic acids is 1. The monoisotopic (exact) mass is 273 g/mol. The number of nitrogens with two attached hydrogens (primary N) is 1. The van der Waals surface area contributed by atoms with Gasteiger partial charge in [-0.3, -0.25) is 9.18 Å². The minimum absolute atomic E-state index is 0.00810. The number of benzene rings is 1. The molecule has 0 bridgehead atoms. The van der Waals surface area contributed by atoms with Gasteiger partial charge in [0.15, 0.2) is 5.78 Å². The zero-order valence-electron chi connectivity index (χ0n) is 9.80. The molecule has 0 spiro atoms. The maximum absolute atomic E-state index is 12.6. The molecule has 6 heteroatoms. The number of alkyl halides is 4. The zero-order valence-corrected chi connectivity index (χ0v) is 9.80. The first-order valence-electron chi connectivity index (χ1n) is 5.61. The van der Waals surface area contributed by atoms with Crippen molar-refractivity contribution in [2.45, 2.75) is 12.6 Å². The van der Waals surface area contributed by atoms with Crippen molar-refractivity contribution in [1.82, 2.24) is 0 Å². The van der Waals surface area contributed by atoms with Crippen molar-refractivity contribution in [3.8, 4) is 0 Å². The van der Waals surface area contributed by atoms with Crippen molar-refractivity contribution in [2.24, 2.45) is 11.7 Å². The molecule has 0 amide bonds. The molecule has 1 unspecified atom stereocenters. The molecule has 0 saturated carbocycles. The fourth-order valence-electron chi connectivity index (χ4n) is 2.13. The lowest BCUT2D eigenvalue weighted by Gasteiger charge is -2.10. The summed E-state index contributed by atoms with van der Waals surface area (Å²) in [6, 6.07) is 4.34. The van der Waals surface area contributed by atoms with Gasteiger partial charge < -0.3 is 5.73 Å². The van der Waals surface area contributed by atoms with Crippen molar-refractivity contribution in [2.75, 3.05) is 6.67 Å². The van der Waals surface area contributed by atoms with Crippen molar-refractivity contribution < 1.29 is 22.4 Å². The van der Waals surface area contributed by atoms with E-state index in [1.54, 1.807) is 0 Å². The van der Waals surface area contributed by atoms with Crippen LogP contribution in [0.5, 0.6) is 0 Å². The van der Waals surface area contributed by atoms with Gasteiger partial charge in [0.1, 0.15) is 0 Å². The number of allylic oxidation sites excluding steroid dienone is 2. The topological polar surface area (TPSA) is 43.1 Å². The molecule has 2 rings (SSSR count). The molecule has 1 aromatic carbocycles. The maximum atomic E-state index is 12.6. The summed E-state index contributed by atoms with van der Waals surface area (Å²) in [5.41, 5.74) is 5.02. The standard InChI is InChI=1S/C13H11F4NO/c14-6-8-5-10(18)11(12(8)19)7-2-1-3-9(4-7)13(15,16)17/h1-4,8H,5-6,18H2. The Morgan fingerprint density at radius 3 is 2.53 bits per heavy atom. The van der Waals surface area contributed by atoms with Crippen LogP contribution in [0, 0.1) is 5.92 Å². The number of halogens is 4. The predicted octanol–water partition coefficient (Wildman–Crippen LogP) is 2.93. The van der Waals surface area contributed by atoms with Crippen LogP contribution in [-0.2, 0) is 11.0 Å². The third-order valence-electron chi connectivity index (χ3n) is 3.07. The first-order chi connectivity index (χ1) is 8.84. The molecule has 2 nitrogen and oxygen atoms in total. The van der Waals surface area contributed by atoms with Gasteiger partial charge in [0.2, 0.25) is 0 Å². The normalized spacial score (nSPS) is 20.2. The Morgan fingerprint density at radius 2 is 2.00 bits per heavy atom. The van der Waals surface area contributed by atoms with Crippen LogP contribution >= 0.6 is 0 Å². The largest absolute Gasteiger partial charge is 0.416 e. The maximum Gasteiger partial charge on any atom is 0.416 e. The quantitative estimate of drug-likeness (QED) is 0.842. The fourth-order valence-corrected chi connectivity index (χ4v) is 2.13. The summed E-state index contributed by atoms with van der Waals surface area (Å²) in [6.07, 6.45) is -4.44. The lowest BCUT2D eigenvalue weighted by atomic mass is 9.98. The molecule has 19 heavy (non-hydrogen) atoms. The Hall–Kier alpha value is -1.85. The molecule has 0 aliphatic heterocycles. The fraction of sp³-hybridized carbons (Fsp3) is 0.308.